The van der Waals surface area contributed by atoms with E-state index in [0.717, 1.165) is 16.6 Å². The van der Waals surface area contributed by atoms with Crippen LogP contribution in [0.5, 0.6) is 5.75 Å². The molecule has 0 radical (unpaired) electrons. The number of hydrogen-bond acceptors (Lipinski definition) is 3. The van der Waals surface area contributed by atoms with Crippen molar-refractivity contribution in [1.82, 2.24) is 9.55 Å². The number of pyridine rings is 1. The van der Waals surface area contributed by atoms with Gasteiger partial charge in [-0.1, -0.05) is 6.07 Å². The normalized spacial score (nSPS) is 10.7. The number of fused-ring (bicyclic) bond motifs is 1. The standard InChI is InChI=1S/C21H17N3O2/c1-26-18-13-16-5-4-10-22-20(16)19(14-18)23-21(25)15-6-8-17(9-7-15)24-11-2-3-12-24/h2-14H,1H3,(H,23,25). The number of methoxy groups -OCH3 is 1. The minimum atomic E-state index is -0.190. The second-order valence-electron chi connectivity index (χ2n) is 5.84. The summed E-state index contributed by atoms with van der Waals surface area (Å²) in [4.78, 5) is 17.0. The molecule has 1 N–H and O–H groups in total. The summed E-state index contributed by atoms with van der Waals surface area (Å²) in [5.41, 5.74) is 2.93. The van der Waals surface area contributed by atoms with Gasteiger partial charge in [0.15, 0.2) is 0 Å². The molecule has 0 unspecified atom stereocenters. The first-order valence-electron chi connectivity index (χ1n) is 8.22. The highest BCUT2D eigenvalue weighted by Gasteiger charge is 2.11. The zero-order chi connectivity index (χ0) is 17.9. The SMILES string of the molecule is COc1cc(NC(=O)c2ccc(-n3cccc3)cc2)c2ncccc2c1. The Labute approximate surface area is 150 Å². The van der Waals surface area contributed by atoms with E-state index in [1.807, 2.05) is 59.4 Å². The van der Waals surface area contributed by atoms with E-state index in [-0.39, 0.29) is 5.91 Å². The van der Waals surface area contributed by atoms with Crippen LogP contribution < -0.4 is 10.1 Å². The Balaban J connectivity index is 1.63. The number of hydrogen-bond donors (Lipinski definition) is 1. The Hall–Kier alpha value is -3.60. The fourth-order valence-electron chi connectivity index (χ4n) is 2.86. The molecule has 0 aliphatic rings. The number of carbonyl (C=O) groups excluding carboxylic acids is 1. The molecule has 0 aliphatic carbocycles. The summed E-state index contributed by atoms with van der Waals surface area (Å²) in [5, 5.41) is 3.85. The molecule has 1 amide bonds. The maximum atomic E-state index is 12.7. The minimum absolute atomic E-state index is 0.190. The molecule has 26 heavy (non-hydrogen) atoms. The number of rotatable bonds is 4. The Morgan fingerprint density at radius 3 is 2.54 bits per heavy atom. The zero-order valence-electron chi connectivity index (χ0n) is 14.2. The van der Waals surface area contributed by atoms with Crippen LogP contribution in [0.4, 0.5) is 5.69 Å². The summed E-state index contributed by atoms with van der Waals surface area (Å²) in [6.45, 7) is 0. The zero-order valence-corrected chi connectivity index (χ0v) is 14.2. The van der Waals surface area contributed by atoms with Crippen LogP contribution in [-0.2, 0) is 0 Å². The van der Waals surface area contributed by atoms with E-state index < -0.39 is 0 Å². The third-order valence-electron chi connectivity index (χ3n) is 4.19. The number of nitrogens with one attached hydrogen (secondary N) is 1. The quantitative estimate of drug-likeness (QED) is 0.601. The lowest BCUT2D eigenvalue weighted by Gasteiger charge is -2.11. The molecule has 0 bridgehead atoms. The Kier molecular flexibility index (Phi) is 4.11. The summed E-state index contributed by atoms with van der Waals surface area (Å²) < 4.78 is 7.31. The van der Waals surface area contributed by atoms with Crippen molar-refractivity contribution in [2.45, 2.75) is 0 Å². The van der Waals surface area contributed by atoms with Crippen molar-refractivity contribution in [3.05, 3.63) is 84.8 Å². The number of anilines is 1. The molecule has 4 rings (SSSR count). The van der Waals surface area contributed by atoms with Crippen molar-refractivity contribution >= 4 is 22.5 Å². The van der Waals surface area contributed by atoms with Crippen LogP contribution in [0.2, 0.25) is 0 Å². The maximum Gasteiger partial charge on any atom is 0.255 e. The summed E-state index contributed by atoms with van der Waals surface area (Å²) >= 11 is 0. The van der Waals surface area contributed by atoms with E-state index in [4.69, 9.17) is 4.74 Å². The van der Waals surface area contributed by atoms with E-state index in [2.05, 4.69) is 10.3 Å². The number of amides is 1. The second-order valence-corrected chi connectivity index (χ2v) is 5.84. The Bertz CT molecular complexity index is 1050. The number of nitrogens with zero attached hydrogens (tertiary/aromatic N) is 2. The number of carbonyl (C=O) groups is 1. The van der Waals surface area contributed by atoms with Gasteiger partial charge in [-0.2, -0.15) is 0 Å². The predicted molar refractivity (Wildman–Crippen MR) is 102 cm³/mol. The molecular weight excluding hydrogens is 326 g/mol. The average molecular weight is 343 g/mol. The van der Waals surface area contributed by atoms with Gasteiger partial charge in [0.1, 0.15) is 5.75 Å². The summed E-state index contributed by atoms with van der Waals surface area (Å²) in [7, 11) is 1.60. The first kappa shape index (κ1) is 15.9. The first-order valence-corrected chi connectivity index (χ1v) is 8.22. The van der Waals surface area contributed by atoms with Crippen LogP contribution in [0.3, 0.4) is 0 Å². The van der Waals surface area contributed by atoms with Crippen molar-refractivity contribution in [3.8, 4) is 11.4 Å². The maximum absolute atomic E-state index is 12.7. The van der Waals surface area contributed by atoms with Gasteiger partial charge in [0.25, 0.3) is 5.91 Å². The Morgan fingerprint density at radius 1 is 1.04 bits per heavy atom. The van der Waals surface area contributed by atoms with Crippen LogP contribution >= 0.6 is 0 Å². The third-order valence-corrected chi connectivity index (χ3v) is 4.19. The van der Waals surface area contributed by atoms with Crippen LogP contribution in [0.1, 0.15) is 10.4 Å². The molecule has 128 valence electrons. The van der Waals surface area contributed by atoms with Crippen molar-refractivity contribution in [2.75, 3.05) is 12.4 Å². The highest BCUT2D eigenvalue weighted by atomic mass is 16.5. The summed E-state index contributed by atoms with van der Waals surface area (Å²) in [6.07, 6.45) is 5.63. The Morgan fingerprint density at radius 2 is 1.81 bits per heavy atom. The third kappa shape index (κ3) is 3.02. The molecular formula is C21H17N3O2. The monoisotopic (exact) mass is 343 g/mol. The fourth-order valence-corrected chi connectivity index (χ4v) is 2.86. The van der Waals surface area contributed by atoms with Gasteiger partial charge in [-0.15, -0.1) is 0 Å². The fraction of sp³-hybridized carbons (Fsp3) is 0.0476. The number of ether oxygens (including phenoxy) is 1. The van der Waals surface area contributed by atoms with Gasteiger partial charge in [0.2, 0.25) is 0 Å². The molecule has 0 aliphatic heterocycles. The highest BCUT2D eigenvalue weighted by molar-refractivity contribution is 6.08. The topological polar surface area (TPSA) is 56.1 Å². The van der Waals surface area contributed by atoms with Gasteiger partial charge in [-0.3, -0.25) is 9.78 Å². The van der Waals surface area contributed by atoms with E-state index in [1.54, 1.807) is 31.5 Å². The summed E-state index contributed by atoms with van der Waals surface area (Å²) in [5.74, 6) is 0.480. The molecule has 0 fully saturated rings. The highest BCUT2D eigenvalue weighted by Crippen LogP contribution is 2.28. The van der Waals surface area contributed by atoms with Gasteiger partial charge in [-0.05, 0) is 48.5 Å². The van der Waals surface area contributed by atoms with Gasteiger partial charge in [-0.25, -0.2) is 0 Å². The summed E-state index contributed by atoms with van der Waals surface area (Å²) in [6, 6.07) is 18.8. The molecule has 2 heterocycles. The van der Waals surface area contributed by atoms with Crippen molar-refractivity contribution in [1.29, 1.82) is 0 Å². The van der Waals surface area contributed by atoms with Gasteiger partial charge >= 0.3 is 0 Å². The van der Waals surface area contributed by atoms with E-state index in [9.17, 15) is 4.79 Å². The van der Waals surface area contributed by atoms with E-state index >= 15 is 0 Å². The lowest BCUT2D eigenvalue weighted by molar-refractivity contribution is 0.102. The predicted octanol–water partition coefficient (Wildman–Crippen LogP) is 4.29. The second kappa shape index (κ2) is 6.72. The molecule has 2 aromatic carbocycles. The van der Waals surface area contributed by atoms with E-state index in [0.29, 0.717) is 17.0 Å². The molecule has 5 heteroatoms. The molecule has 0 spiro atoms. The molecule has 2 aromatic heterocycles. The van der Waals surface area contributed by atoms with Crippen molar-refractivity contribution in [2.24, 2.45) is 0 Å². The first-order chi connectivity index (χ1) is 12.7. The van der Waals surface area contributed by atoms with Gasteiger partial charge in [0, 0.05) is 41.3 Å². The lowest BCUT2D eigenvalue weighted by atomic mass is 10.1. The van der Waals surface area contributed by atoms with Crippen LogP contribution in [0, 0.1) is 0 Å². The number of aromatic nitrogens is 2. The van der Waals surface area contributed by atoms with Crippen LogP contribution in [0.15, 0.2) is 79.3 Å². The number of benzene rings is 2. The average Bonchev–Trinajstić information content (AvgIpc) is 3.22. The van der Waals surface area contributed by atoms with E-state index in [1.165, 1.54) is 0 Å². The van der Waals surface area contributed by atoms with Crippen LogP contribution in [0.25, 0.3) is 16.6 Å². The molecule has 0 saturated heterocycles. The lowest BCUT2D eigenvalue weighted by Crippen LogP contribution is -2.12. The van der Waals surface area contributed by atoms with Crippen LogP contribution in [-0.4, -0.2) is 22.6 Å². The largest absolute Gasteiger partial charge is 0.497 e. The molecule has 0 saturated carbocycles. The molecule has 4 aromatic rings. The van der Waals surface area contributed by atoms with Crippen molar-refractivity contribution in [3.63, 3.8) is 0 Å². The smallest absolute Gasteiger partial charge is 0.255 e. The molecule has 5 nitrogen and oxygen atoms in total. The molecule has 0 atom stereocenters. The van der Waals surface area contributed by atoms with Gasteiger partial charge in [0.05, 0.1) is 18.3 Å². The van der Waals surface area contributed by atoms with Crippen molar-refractivity contribution < 1.29 is 9.53 Å². The minimum Gasteiger partial charge on any atom is -0.497 e. The van der Waals surface area contributed by atoms with Gasteiger partial charge < -0.3 is 14.6 Å².